The van der Waals surface area contributed by atoms with Gasteiger partial charge in [0.15, 0.2) is 0 Å². The molecule has 0 atom stereocenters. The minimum atomic E-state index is -0.0419. The third-order valence-electron chi connectivity index (χ3n) is 4.83. The Morgan fingerprint density at radius 3 is 2.20 bits per heavy atom. The van der Waals surface area contributed by atoms with Crippen molar-refractivity contribution in [1.29, 1.82) is 5.26 Å². The molecule has 1 saturated carbocycles. The summed E-state index contributed by atoms with van der Waals surface area (Å²) in [6, 6.07) is 8.92. The van der Waals surface area contributed by atoms with Gasteiger partial charge in [-0.05, 0) is 56.4 Å². The van der Waals surface area contributed by atoms with Crippen LogP contribution < -0.4 is 10.6 Å². The quantitative estimate of drug-likeness (QED) is 0.743. The van der Waals surface area contributed by atoms with E-state index in [9.17, 15) is 9.59 Å². The molecule has 0 saturated heterocycles. The van der Waals surface area contributed by atoms with Crippen LogP contribution >= 0.6 is 0 Å². The lowest BCUT2D eigenvalue weighted by Gasteiger charge is -2.27. The highest BCUT2D eigenvalue weighted by Crippen LogP contribution is 2.30. The summed E-state index contributed by atoms with van der Waals surface area (Å²) in [5.74, 6) is 0.147. The lowest BCUT2D eigenvalue weighted by Crippen LogP contribution is -2.35. The average molecular weight is 341 g/mol. The molecule has 1 aliphatic rings. The normalized spacial score (nSPS) is 19.7. The zero-order chi connectivity index (χ0) is 18.1. The second-order valence-corrected chi connectivity index (χ2v) is 6.73. The molecule has 2 N–H and O–H groups in total. The molecule has 0 radical (unpaired) electrons. The molecule has 0 bridgehead atoms. The van der Waals surface area contributed by atoms with Gasteiger partial charge in [-0.25, -0.2) is 0 Å². The van der Waals surface area contributed by atoms with Crippen molar-refractivity contribution in [3.05, 3.63) is 29.8 Å². The van der Waals surface area contributed by atoms with Crippen molar-refractivity contribution in [1.82, 2.24) is 5.32 Å². The van der Waals surface area contributed by atoms with Gasteiger partial charge < -0.3 is 10.6 Å². The minimum absolute atomic E-state index is 0.00603. The Bertz CT molecular complexity index is 611. The molecule has 25 heavy (non-hydrogen) atoms. The maximum absolute atomic E-state index is 12.4. The summed E-state index contributed by atoms with van der Waals surface area (Å²) in [7, 11) is 0. The molecule has 0 aliphatic heterocycles. The number of nitrogens with one attached hydrogen (secondary N) is 2. The second kappa shape index (κ2) is 9.83. The Morgan fingerprint density at radius 1 is 1.04 bits per heavy atom. The molecule has 1 fully saturated rings. The van der Waals surface area contributed by atoms with Crippen LogP contribution in [-0.4, -0.2) is 18.4 Å². The first-order valence-corrected chi connectivity index (χ1v) is 9.22. The van der Waals surface area contributed by atoms with E-state index >= 15 is 0 Å². The van der Waals surface area contributed by atoms with Crippen molar-refractivity contribution in [2.24, 2.45) is 11.8 Å². The molecule has 2 rings (SSSR count). The van der Waals surface area contributed by atoms with E-state index in [1.54, 1.807) is 24.3 Å². The van der Waals surface area contributed by atoms with Crippen LogP contribution in [-0.2, 0) is 9.59 Å². The number of unbranched alkanes of at least 4 members (excludes halogenated alkanes) is 2. The molecule has 1 aromatic carbocycles. The van der Waals surface area contributed by atoms with E-state index in [1.807, 2.05) is 0 Å². The van der Waals surface area contributed by atoms with Crippen molar-refractivity contribution in [2.75, 3.05) is 11.9 Å². The molecule has 0 heterocycles. The van der Waals surface area contributed by atoms with Gasteiger partial charge in [0.2, 0.25) is 11.8 Å². The van der Waals surface area contributed by atoms with Gasteiger partial charge in [-0.15, -0.1) is 0 Å². The third-order valence-corrected chi connectivity index (χ3v) is 4.83. The first kappa shape index (κ1) is 19.0. The fourth-order valence-electron chi connectivity index (χ4n) is 3.22. The zero-order valence-corrected chi connectivity index (χ0v) is 14.9. The van der Waals surface area contributed by atoms with Gasteiger partial charge in [-0.2, -0.15) is 5.26 Å². The first-order chi connectivity index (χ1) is 12.1. The van der Waals surface area contributed by atoms with E-state index in [0.29, 0.717) is 11.3 Å². The fraction of sp³-hybridized carbons (Fsp3) is 0.550. The summed E-state index contributed by atoms with van der Waals surface area (Å²) in [6.07, 6.45) is 6.35. The molecule has 2 amide bonds. The highest BCUT2D eigenvalue weighted by Gasteiger charge is 2.29. The van der Waals surface area contributed by atoms with Crippen LogP contribution in [0.1, 0.15) is 57.4 Å². The Morgan fingerprint density at radius 2 is 1.64 bits per heavy atom. The van der Waals surface area contributed by atoms with Gasteiger partial charge in [0.05, 0.1) is 11.6 Å². The van der Waals surface area contributed by atoms with Gasteiger partial charge in [0, 0.05) is 24.1 Å². The lowest BCUT2D eigenvalue weighted by molar-refractivity contribution is -0.128. The number of amides is 2. The van der Waals surface area contributed by atoms with Crippen LogP contribution in [0, 0.1) is 23.2 Å². The number of hydrogen-bond acceptors (Lipinski definition) is 3. The molecule has 5 nitrogen and oxygen atoms in total. The molecular formula is C20H27N3O2. The molecule has 0 spiro atoms. The highest BCUT2D eigenvalue weighted by atomic mass is 16.2. The Balaban J connectivity index is 1.74. The predicted molar refractivity (Wildman–Crippen MR) is 97.8 cm³/mol. The number of benzene rings is 1. The van der Waals surface area contributed by atoms with Crippen molar-refractivity contribution >= 4 is 17.5 Å². The number of rotatable bonds is 7. The van der Waals surface area contributed by atoms with E-state index in [4.69, 9.17) is 5.26 Å². The maximum Gasteiger partial charge on any atom is 0.227 e. The van der Waals surface area contributed by atoms with Gasteiger partial charge in [0.1, 0.15) is 0 Å². The standard InChI is InChI=1S/C20H27N3O2/c1-2-3-4-13-22-19(24)16-7-9-17(10-8-16)20(25)23-18-11-5-15(14-21)6-12-18/h5-6,11-12,16-17H,2-4,7-10,13H2,1H3,(H,22,24)(H,23,25). The summed E-state index contributed by atoms with van der Waals surface area (Å²) in [6.45, 7) is 2.90. The topological polar surface area (TPSA) is 82.0 Å². The minimum Gasteiger partial charge on any atom is -0.356 e. The van der Waals surface area contributed by atoms with Crippen LogP contribution in [0.3, 0.4) is 0 Å². The second-order valence-electron chi connectivity index (χ2n) is 6.73. The van der Waals surface area contributed by atoms with E-state index in [-0.39, 0.29) is 23.7 Å². The molecule has 0 aromatic heterocycles. The van der Waals surface area contributed by atoms with Crippen LogP contribution in [0.15, 0.2) is 24.3 Å². The Labute approximate surface area is 149 Å². The van der Waals surface area contributed by atoms with Crippen LogP contribution in [0.4, 0.5) is 5.69 Å². The molecule has 1 aromatic rings. The third kappa shape index (κ3) is 5.90. The molecule has 134 valence electrons. The van der Waals surface area contributed by atoms with E-state index in [0.717, 1.165) is 51.5 Å². The number of nitriles is 1. The molecule has 1 aliphatic carbocycles. The Kier molecular flexibility index (Phi) is 7.46. The number of carbonyl (C=O) groups excluding carboxylic acids is 2. The fourth-order valence-corrected chi connectivity index (χ4v) is 3.22. The van der Waals surface area contributed by atoms with Gasteiger partial charge in [0.25, 0.3) is 0 Å². The molecule has 0 unspecified atom stereocenters. The average Bonchev–Trinajstić information content (AvgIpc) is 2.66. The van der Waals surface area contributed by atoms with Crippen molar-refractivity contribution in [3.8, 4) is 6.07 Å². The van der Waals surface area contributed by atoms with E-state index < -0.39 is 0 Å². The highest BCUT2D eigenvalue weighted by molar-refractivity contribution is 5.92. The lowest BCUT2D eigenvalue weighted by atomic mass is 9.81. The SMILES string of the molecule is CCCCCNC(=O)C1CCC(C(=O)Nc2ccc(C#N)cc2)CC1. The smallest absolute Gasteiger partial charge is 0.227 e. The van der Waals surface area contributed by atoms with Crippen molar-refractivity contribution in [3.63, 3.8) is 0 Å². The van der Waals surface area contributed by atoms with Crippen LogP contribution in [0.5, 0.6) is 0 Å². The summed E-state index contributed by atoms with van der Waals surface area (Å²) in [4.78, 5) is 24.5. The maximum atomic E-state index is 12.4. The zero-order valence-electron chi connectivity index (χ0n) is 14.9. The predicted octanol–water partition coefficient (Wildman–Crippen LogP) is 3.61. The van der Waals surface area contributed by atoms with Gasteiger partial charge >= 0.3 is 0 Å². The summed E-state index contributed by atoms with van der Waals surface area (Å²) < 4.78 is 0. The molecule has 5 heteroatoms. The number of nitrogens with zero attached hydrogens (tertiary/aromatic N) is 1. The van der Waals surface area contributed by atoms with Crippen LogP contribution in [0.25, 0.3) is 0 Å². The van der Waals surface area contributed by atoms with E-state index in [1.165, 1.54) is 0 Å². The summed E-state index contributed by atoms with van der Waals surface area (Å²) in [5.41, 5.74) is 1.28. The number of hydrogen-bond donors (Lipinski definition) is 2. The van der Waals surface area contributed by atoms with Gasteiger partial charge in [-0.3, -0.25) is 9.59 Å². The first-order valence-electron chi connectivity index (χ1n) is 9.22. The van der Waals surface area contributed by atoms with Crippen LogP contribution in [0.2, 0.25) is 0 Å². The number of carbonyl (C=O) groups is 2. The Hall–Kier alpha value is -2.35. The van der Waals surface area contributed by atoms with Crippen molar-refractivity contribution in [2.45, 2.75) is 51.9 Å². The summed E-state index contributed by atoms with van der Waals surface area (Å²) >= 11 is 0. The van der Waals surface area contributed by atoms with Crippen molar-refractivity contribution < 1.29 is 9.59 Å². The number of anilines is 1. The summed E-state index contributed by atoms with van der Waals surface area (Å²) in [5, 5.41) is 14.7. The monoisotopic (exact) mass is 341 g/mol. The molecular weight excluding hydrogens is 314 g/mol. The van der Waals surface area contributed by atoms with E-state index in [2.05, 4.69) is 23.6 Å². The van der Waals surface area contributed by atoms with Gasteiger partial charge in [-0.1, -0.05) is 19.8 Å². The largest absolute Gasteiger partial charge is 0.356 e.